The number of rotatable bonds is 3. The Bertz CT molecular complexity index is 589. The fraction of sp³-hybridized carbons (Fsp3) is 0.556. The number of nitrogens with zero attached hydrogens (tertiary/aromatic N) is 3. The van der Waals surface area contributed by atoms with Crippen LogP contribution in [0.15, 0.2) is 10.3 Å². The summed E-state index contributed by atoms with van der Waals surface area (Å²) in [5.41, 5.74) is -0.196. The molecule has 0 spiro atoms. The second-order valence-electron chi connectivity index (χ2n) is 4.35. The molecule has 1 aliphatic rings. The number of primary sulfonamides is 1. The maximum absolute atomic E-state index is 11.3. The van der Waals surface area contributed by atoms with Gasteiger partial charge in [0.2, 0.25) is 10.0 Å². The van der Waals surface area contributed by atoms with Crippen LogP contribution >= 0.6 is 11.3 Å². The summed E-state index contributed by atoms with van der Waals surface area (Å²) >= 11 is 0.855. The van der Waals surface area contributed by atoms with E-state index in [1.807, 2.05) is 11.9 Å². The zero-order valence-corrected chi connectivity index (χ0v) is 11.9. The van der Waals surface area contributed by atoms with Gasteiger partial charge in [0.25, 0.3) is 0 Å². The van der Waals surface area contributed by atoms with Gasteiger partial charge in [0.05, 0.1) is 4.92 Å². The number of hydrogen-bond donors (Lipinski definition) is 1. The van der Waals surface area contributed by atoms with Crippen molar-refractivity contribution in [2.75, 3.05) is 38.1 Å². The highest BCUT2D eigenvalue weighted by Gasteiger charge is 2.29. The fourth-order valence-corrected chi connectivity index (χ4v) is 3.75. The van der Waals surface area contributed by atoms with Gasteiger partial charge in [-0.05, 0) is 7.05 Å². The minimum Gasteiger partial charge on any atom is -0.355 e. The van der Waals surface area contributed by atoms with Crippen LogP contribution in [-0.2, 0) is 10.0 Å². The van der Waals surface area contributed by atoms with Crippen LogP contribution in [-0.4, -0.2) is 51.5 Å². The number of thiophene rings is 1. The Labute approximate surface area is 114 Å². The minimum absolute atomic E-state index is 0.173. The lowest BCUT2D eigenvalue weighted by Crippen LogP contribution is -2.44. The number of nitro groups is 1. The Morgan fingerprint density at radius 3 is 2.42 bits per heavy atom. The third-order valence-corrected chi connectivity index (χ3v) is 5.54. The molecular weight excluding hydrogens is 292 g/mol. The summed E-state index contributed by atoms with van der Waals surface area (Å²) in [4.78, 5) is 14.4. The van der Waals surface area contributed by atoms with Crippen molar-refractivity contribution in [3.8, 4) is 0 Å². The van der Waals surface area contributed by atoms with Crippen LogP contribution < -0.4 is 10.0 Å². The molecule has 1 aromatic heterocycles. The van der Waals surface area contributed by atoms with E-state index < -0.39 is 14.9 Å². The van der Waals surface area contributed by atoms with Crippen molar-refractivity contribution in [1.29, 1.82) is 0 Å². The molecule has 0 aliphatic carbocycles. The fourth-order valence-electron chi connectivity index (χ4n) is 1.86. The number of piperazine rings is 1. The standard InChI is InChI=1S/C9H14N4O4S2/c1-11-2-4-12(5-3-11)9-7(13(14)15)6-8(18-9)19(10,16)17/h6H,2-5H2,1H3,(H2,10,16,17). The molecular formula is C9H14N4O4S2. The lowest BCUT2D eigenvalue weighted by molar-refractivity contribution is -0.383. The van der Waals surface area contributed by atoms with Crippen molar-refractivity contribution < 1.29 is 13.3 Å². The van der Waals surface area contributed by atoms with Gasteiger partial charge >= 0.3 is 5.69 Å². The van der Waals surface area contributed by atoms with Crippen molar-refractivity contribution in [3.63, 3.8) is 0 Å². The van der Waals surface area contributed by atoms with E-state index in [2.05, 4.69) is 4.90 Å². The van der Waals surface area contributed by atoms with E-state index in [-0.39, 0.29) is 9.90 Å². The number of sulfonamides is 1. The molecule has 1 aromatic rings. The molecule has 0 amide bonds. The van der Waals surface area contributed by atoms with Crippen molar-refractivity contribution in [2.45, 2.75) is 4.21 Å². The van der Waals surface area contributed by atoms with E-state index >= 15 is 0 Å². The van der Waals surface area contributed by atoms with Crippen LogP contribution in [0.2, 0.25) is 0 Å². The smallest absolute Gasteiger partial charge is 0.305 e. The summed E-state index contributed by atoms with van der Waals surface area (Å²) in [7, 11) is -1.94. The van der Waals surface area contributed by atoms with Gasteiger partial charge in [0.15, 0.2) is 5.00 Å². The van der Waals surface area contributed by atoms with Crippen molar-refractivity contribution in [3.05, 3.63) is 16.2 Å². The molecule has 2 heterocycles. The normalized spacial score (nSPS) is 17.7. The lowest BCUT2D eigenvalue weighted by atomic mass is 10.3. The van der Waals surface area contributed by atoms with E-state index in [9.17, 15) is 18.5 Å². The Balaban J connectivity index is 2.38. The molecule has 19 heavy (non-hydrogen) atoms. The number of hydrogen-bond acceptors (Lipinski definition) is 7. The van der Waals surface area contributed by atoms with Gasteiger partial charge < -0.3 is 9.80 Å². The monoisotopic (exact) mass is 306 g/mol. The van der Waals surface area contributed by atoms with Gasteiger partial charge in [-0.3, -0.25) is 10.1 Å². The molecule has 2 rings (SSSR count). The molecule has 1 saturated heterocycles. The first-order chi connectivity index (χ1) is 8.79. The highest BCUT2D eigenvalue weighted by molar-refractivity contribution is 7.91. The predicted molar refractivity (Wildman–Crippen MR) is 72.1 cm³/mol. The molecule has 1 fully saturated rings. The molecule has 1 aliphatic heterocycles. The first-order valence-corrected chi connectivity index (χ1v) is 7.90. The quantitative estimate of drug-likeness (QED) is 0.624. The topological polar surface area (TPSA) is 110 Å². The predicted octanol–water partition coefficient (Wildman–Crippen LogP) is 0.0555. The SMILES string of the molecule is CN1CCN(c2sc(S(N)(=O)=O)cc2[N+](=O)[O-])CC1. The third kappa shape index (κ3) is 3.03. The van der Waals surface area contributed by atoms with Crippen LogP contribution in [0.4, 0.5) is 10.7 Å². The maximum Gasteiger partial charge on any atom is 0.305 e. The summed E-state index contributed by atoms with van der Waals surface area (Å²) in [6, 6.07) is 1.04. The highest BCUT2D eigenvalue weighted by Crippen LogP contribution is 2.39. The molecule has 0 unspecified atom stereocenters. The Morgan fingerprint density at radius 1 is 1.37 bits per heavy atom. The Morgan fingerprint density at radius 2 is 1.95 bits per heavy atom. The van der Waals surface area contributed by atoms with Gasteiger partial charge in [-0.2, -0.15) is 0 Å². The maximum atomic E-state index is 11.3. The second kappa shape index (κ2) is 5.04. The Hall–Kier alpha value is -1.23. The summed E-state index contributed by atoms with van der Waals surface area (Å²) in [5.74, 6) is 0. The van der Waals surface area contributed by atoms with Crippen LogP contribution in [0.3, 0.4) is 0 Å². The van der Waals surface area contributed by atoms with Crippen molar-refractivity contribution >= 4 is 32.0 Å². The van der Waals surface area contributed by atoms with E-state index in [1.165, 1.54) is 0 Å². The van der Waals surface area contributed by atoms with Crippen molar-refractivity contribution in [2.24, 2.45) is 5.14 Å². The average molecular weight is 306 g/mol. The minimum atomic E-state index is -3.91. The number of nitrogens with two attached hydrogens (primary N) is 1. The molecule has 106 valence electrons. The van der Waals surface area contributed by atoms with Gasteiger partial charge in [-0.15, -0.1) is 0 Å². The van der Waals surface area contributed by atoms with Gasteiger partial charge in [-0.25, -0.2) is 13.6 Å². The summed E-state index contributed by atoms with van der Waals surface area (Å²) in [6.45, 7) is 2.81. The Kier molecular flexibility index (Phi) is 3.76. The number of likely N-dealkylation sites (N-methyl/N-ethyl adjacent to an activating group) is 1. The average Bonchev–Trinajstić information content (AvgIpc) is 2.74. The zero-order chi connectivity index (χ0) is 14.2. The van der Waals surface area contributed by atoms with Crippen LogP contribution in [0.1, 0.15) is 0 Å². The molecule has 0 bridgehead atoms. The first kappa shape index (κ1) is 14.2. The lowest BCUT2D eigenvalue weighted by Gasteiger charge is -2.32. The molecule has 10 heteroatoms. The number of anilines is 1. The van der Waals surface area contributed by atoms with E-state index in [1.54, 1.807) is 0 Å². The van der Waals surface area contributed by atoms with Gasteiger partial charge in [0.1, 0.15) is 4.21 Å². The van der Waals surface area contributed by atoms with Gasteiger partial charge in [0, 0.05) is 32.2 Å². The van der Waals surface area contributed by atoms with Crippen molar-refractivity contribution in [1.82, 2.24) is 4.90 Å². The third-order valence-electron chi connectivity index (χ3n) is 2.94. The molecule has 0 aromatic carbocycles. The van der Waals surface area contributed by atoms with E-state index in [0.29, 0.717) is 18.1 Å². The first-order valence-electron chi connectivity index (χ1n) is 5.53. The largest absolute Gasteiger partial charge is 0.355 e. The molecule has 0 atom stereocenters. The molecule has 8 nitrogen and oxygen atoms in total. The molecule has 0 saturated carbocycles. The van der Waals surface area contributed by atoms with E-state index in [4.69, 9.17) is 5.14 Å². The highest BCUT2D eigenvalue weighted by atomic mass is 32.2. The van der Waals surface area contributed by atoms with Crippen LogP contribution in [0.5, 0.6) is 0 Å². The second-order valence-corrected chi connectivity index (χ2v) is 7.17. The van der Waals surface area contributed by atoms with E-state index in [0.717, 1.165) is 30.5 Å². The van der Waals surface area contributed by atoms with Crippen LogP contribution in [0.25, 0.3) is 0 Å². The summed E-state index contributed by atoms with van der Waals surface area (Å²) in [5, 5.41) is 16.4. The summed E-state index contributed by atoms with van der Waals surface area (Å²) in [6.07, 6.45) is 0. The van der Waals surface area contributed by atoms with Gasteiger partial charge in [-0.1, -0.05) is 11.3 Å². The van der Waals surface area contributed by atoms with Crippen LogP contribution in [0, 0.1) is 10.1 Å². The molecule has 2 N–H and O–H groups in total. The summed E-state index contributed by atoms with van der Waals surface area (Å²) < 4.78 is 22.4. The zero-order valence-electron chi connectivity index (χ0n) is 10.3. The molecule has 0 radical (unpaired) electrons.